The zero-order valence-corrected chi connectivity index (χ0v) is 16.0. The second-order valence-electron chi connectivity index (χ2n) is 6.37. The maximum absolute atomic E-state index is 12.8. The summed E-state index contributed by atoms with van der Waals surface area (Å²) >= 11 is 5.93. The van der Waals surface area contributed by atoms with Gasteiger partial charge in [-0.05, 0) is 35.9 Å². The zero-order valence-electron chi connectivity index (χ0n) is 15.2. The van der Waals surface area contributed by atoms with E-state index in [-0.39, 0.29) is 22.7 Å². The number of hydrogen-bond acceptors (Lipinski definition) is 4. The zero-order chi connectivity index (χ0) is 21.0. The lowest BCUT2D eigenvalue weighted by atomic mass is 10.1. The van der Waals surface area contributed by atoms with E-state index in [1.165, 1.54) is 36.5 Å². The number of nitrogens with two attached hydrogens (primary N) is 1. The average Bonchev–Trinajstić information content (AvgIpc) is 2.70. The Hall–Kier alpha value is -3.58. The summed E-state index contributed by atoms with van der Waals surface area (Å²) in [5.74, 6) is -1.71. The molecule has 0 saturated heterocycles. The molecular formula is C21H18ClN3O4. The number of nitrogen functional groups attached to an aromatic ring is 1. The summed E-state index contributed by atoms with van der Waals surface area (Å²) in [6, 6.07) is 15.2. The third-order valence-corrected chi connectivity index (χ3v) is 4.71. The monoisotopic (exact) mass is 411 g/mol. The van der Waals surface area contributed by atoms with E-state index < -0.39 is 23.5 Å². The minimum atomic E-state index is -1.15. The number of nitrogens with zero attached hydrogens (tertiary/aromatic N) is 1. The molecule has 0 aliphatic carbocycles. The number of hydrogen-bond donors (Lipinski definition) is 3. The molecule has 1 atom stereocenters. The van der Waals surface area contributed by atoms with Crippen molar-refractivity contribution in [1.82, 2.24) is 4.57 Å². The fraction of sp³-hybridized carbons (Fsp3) is 0.0952. The maximum Gasteiger partial charge on any atom is 0.327 e. The summed E-state index contributed by atoms with van der Waals surface area (Å²) in [6.45, 7) is 0. The fourth-order valence-electron chi connectivity index (χ4n) is 2.86. The van der Waals surface area contributed by atoms with Crippen molar-refractivity contribution in [1.29, 1.82) is 0 Å². The Kier molecular flexibility index (Phi) is 5.99. The number of nitrogens with one attached hydrogen (secondary N) is 1. The molecule has 1 amide bonds. The number of benzene rings is 2. The molecule has 2 aromatic carbocycles. The summed E-state index contributed by atoms with van der Waals surface area (Å²) in [5.41, 5.74) is 6.31. The van der Waals surface area contributed by atoms with E-state index in [1.807, 2.05) is 6.07 Å². The fourth-order valence-corrected chi connectivity index (χ4v) is 3.04. The molecule has 0 saturated carbocycles. The van der Waals surface area contributed by atoms with Crippen molar-refractivity contribution in [3.8, 4) is 0 Å². The quantitative estimate of drug-likeness (QED) is 0.539. The SMILES string of the molecule is Nc1ccc(C(=O)Nc2cccn(C(Cc3ccccc3)C(=O)O)c2=O)cc1Cl. The number of halogens is 1. The van der Waals surface area contributed by atoms with E-state index in [4.69, 9.17) is 17.3 Å². The highest BCUT2D eigenvalue weighted by molar-refractivity contribution is 6.33. The van der Waals surface area contributed by atoms with Crippen molar-refractivity contribution in [2.24, 2.45) is 0 Å². The number of anilines is 2. The van der Waals surface area contributed by atoms with Gasteiger partial charge in [-0.3, -0.25) is 14.2 Å². The molecule has 29 heavy (non-hydrogen) atoms. The van der Waals surface area contributed by atoms with Gasteiger partial charge >= 0.3 is 5.97 Å². The lowest BCUT2D eigenvalue weighted by Crippen LogP contribution is -2.33. The molecule has 3 aromatic rings. The molecule has 1 unspecified atom stereocenters. The van der Waals surface area contributed by atoms with Crippen molar-refractivity contribution < 1.29 is 14.7 Å². The van der Waals surface area contributed by atoms with Gasteiger partial charge in [-0.15, -0.1) is 0 Å². The van der Waals surface area contributed by atoms with Crippen LogP contribution in [0.25, 0.3) is 0 Å². The van der Waals surface area contributed by atoms with Crippen LogP contribution in [-0.4, -0.2) is 21.6 Å². The first-order valence-electron chi connectivity index (χ1n) is 8.71. The normalized spacial score (nSPS) is 11.6. The van der Waals surface area contributed by atoms with E-state index >= 15 is 0 Å². The van der Waals surface area contributed by atoms with Crippen LogP contribution in [0.15, 0.2) is 71.7 Å². The van der Waals surface area contributed by atoms with Gasteiger partial charge in [-0.2, -0.15) is 0 Å². The maximum atomic E-state index is 12.8. The standard InChI is InChI=1S/C21H18ClN3O4/c22-15-12-14(8-9-16(15)23)19(26)24-17-7-4-10-25(20(17)27)18(21(28)29)11-13-5-2-1-3-6-13/h1-10,12,18H,11,23H2,(H,24,26)(H,28,29). The Labute approximate surface area is 171 Å². The molecule has 8 heteroatoms. The van der Waals surface area contributed by atoms with Gasteiger partial charge in [-0.25, -0.2) is 4.79 Å². The first-order valence-corrected chi connectivity index (χ1v) is 9.09. The minimum Gasteiger partial charge on any atom is -0.480 e. The van der Waals surface area contributed by atoms with Crippen molar-refractivity contribution >= 4 is 34.9 Å². The highest BCUT2D eigenvalue weighted by Crippen LogP contribution is 2.20. The molecule has 0 fully saturated rings. The predicted octanol–water partition coefficient (Wildman–Crippen LogP) is 3.20. The van der Waals surface area contributed by atoms with Gasteiger partial charge in [0.15, 0.2) is 0 Å². The molecule has 0 radical (unpaired) electrons. The Bertz CT molecular complexity index is 1110. The molecule has 0 bridgehead atoms. The van der Waals surface area contributed by atoms with Crippen LogP contribution in [0.4, 0.5) is 11.4 Å². The molecule has 1 heterocycles. The largest absolute Gasteiger partial charge is 0.480 e. The Morgan fingerprint density at radius 2 is 1.83 bits per heavy atom. The van der Waals surface area contributed by atoms with Crippen LogP contribution in [-0.2, 0) is 11.2 Å². The lowest BCUT2D eigenvalue weighted by molar-refractivity contribution is -0.141. The molecule has 7 nitrogen and oxygen atoms in total. The summed E-state index contributed by atoms with van der Waals surface area (Å²) in [5, 5.41) is 12.4. The third-order valence-electron chi connectivity index (χ3n) is 4.38. The Morgan fingerprint density at radius 1 is 1.10 bits per heavy atom. The molecule has 0 aliphatic rings. The van der Waals surface area contributed by atoms with Crippen LogP contribution in [0.1, 0.15) is 22.0 Å². The van der Waals surface area contributed by atoms with Crippen LogP contribution in [0, 0.1) is 0 Å². The Balaban J connectivity index is 1.89. The summed E-state index contributed by atoms with van der Waals surface area (Å²) in [7, 11) is 0. The number of amides is 1. The van der Waals surface area contributed by atoms with Crippen LogP contribution < -0.4 is 16.6 Å². The second kappa shape index (κ2) is 8.62. The second-order valence-corrected chi connectivity index (χ2v) is 6.78. The van der Waals surface area contributed by atoms with Gasteiger partial charge in [0, 0.05) is 18.2 Å². The van der Waals surface area contributed by atoms with E-state index in [2.05, 4.69) is 5.32 Å². The van der Waals surface area contributed by atoms with E-state index in [1.54, 1.807) is 24.3 Å². The van der Waals surface area contributed by atoms with Gasteiger partial charge in [0.05, 0.1) is 10.7 Å². The highest BCUT2D eigenvalue weighted by Gasteiger charge is 2.22. The van der Waals surface area contributed by atoms with Crippen LogP contribution >= 0.6 is 11.6 Å². The summed E-state index contributed by atoms with van der Waals surface area (Å²) < 4.78 is 1.10. The van der Waals surface area contributed by atoms with Crippen molar-refractivity contribution in [3.05, 3.63) is 93.4 Å². The number of pyridine rings is 1. The van der Waals surface area contributed by atoms with Crippen LogP contribution in [0.3, 0.4) is 0 Å². The van der Waals surface area contributed by atoms with Crippen molar-refractivity contribution in [2.75, 3.05) is 11.1 Å². The molecule has 4 N–H and O–H groups in total. The van der Waals surface area contributed by atoms with E-state index in [9.17, 15) is 19.5 Å². The third kappa shape index (κ3) is 4.64. The van der Waals surface area contributed by atoms with E-state index in [0.717, 1.165) is 10.1 Å². The van der Waals surface area contributed by atoms with Crippen LogP contribution in [0.2, 0.25) is 5.02 Å². The van der Waals surface area contributed by atoms with Gasteiger partial charge in [0.1, 0.15) is 11.7 Å². The highest BCUT2D eigenvalue weighted by atomic mass is 35.5. The first-order chi connectivity index (χ1) is 13.9. The van der Waals surface area contributed by atoms with Gasteiger partial charge in [0.2, 0.25) is 0 Å². The van der Waals surface area contributed by atoms with Gasteiger partial charge in [0.25, 0.3) is 11.5 Å². The molecule has 0 aliphatic heterocycles. The number of carbonyl (C=O) groups is 2. The summed E-state index contributed by atoms with van der Waals surface area (Å²) in [4.78, 5) is 37.1. The van der Waals surface area contributed by atoms with E-state index in [0.29, 0.717) is 5.69 Å². The van der Waals surface area contributed by atoms with Gasteiger partial charge in [-0.1, -0.05) is 41.9 Å². The first kappa shape index (κ1) is 20.2. The van der Waals surface area contributed by atoms with Crippen molar-refractivity contribution in [3.63, 3.8) is 0 Å². The predicted molar refractivity (Wildman–Crippen MR) is 111 cm³/mol. The number of carbonyl (C=O) groups excluding carboxylic acids is 1. The minimum absolute atomic E-state index is 0.0373. The van der Waals surface area contributed by atoms with Crippen molar-refractivity contribution in [2.45, 2.75) is 12.5 Å². The number of carboxylic acid groups (broad SMARTS) is 1. The molecule has 3 rings (SSSR count). The molecular weight excluding hydrogens is 394 g/mol. The number of aromatic nitrogens is 1. The van der Waals surface area contributed by atoms with Gasteiger partial charge < -0.3 is 16.2 Å². The Morgan fingerprint density at radius 3 is 2.48 bits per heavy atom. The number of carboxylic acids is 1. The summed E-state index contributed by atoms with van der Waals surface area (Å²) in [6.07, 6.45) is 1.51. The molecule has 148 valence electrons. The average molecular weight is 412 g/mol. The molecule has 1 aromatic heterocycles. The molecule has 0 spiro atoms. The number of aliphatic carboxylic acids is 1. The lowest BCUT2D eigenvalue weighted by Gasteiger charge is -2.17. The number of rotatable bonds is 6. The smallest absolute Gasteiger partial charge is 0.327 e. The topological polar surface area (TPSA) is 114 Å². The van der Waals surface area contributed by atoms with Crippen LogP contribution in [0.5, 0.6) is 0 Å².